The predicted octanol–water partition coefficient (Wildman–Crippen LogP) is 5.05. The Balaban J connectivity index is 1.92. The van der Waals surface area contributed by atoms with E-state index in [0.29, 0.717) is 0 Å². The molecule has 2 aromatic rings. The van der Waals surface area contributed by atoms with Crippen LogP contribution in [0.4, 0.5) is 0 Å². The Labute approximate surface area is 122 Å². The zero-order valence-corrected chi connectivity index (χ0v) is 12.4. The molecule has 1 aromatic carbocycles. The molecule has 0 saturated carbocycles. The minimum atomic E-state index is 1.04. The first-order chi connectivity index (χ1) is 9.92. The first-order valence-electron chi connectivity index (χ1n) is 7.78. The third kappa shape index (κ3) is 4.44. The Morgan fingerprint density at radius 2 is 1.60 bits per heavy atom. The summed E-state index contributed by atoms with van der Waals surface area (Å²) in [6.07, 6.45) is 10.9. The summed E-state index contributed by atoms with van der Waals surface area (Å²) >= 11 is 0. The van der Waals surface area contributed by atoms with Gasteiger partial charge in [-0.05, 0) is 24.5 Å². The second-order valence-corrected chi connectivity index (χ2v) is 5.29. The first-order valence-corrected chi connectivity index (χ1v) is 7.78. The van der Waals surface area contributed by atoms with Gasteiger partial charge in [-0.2, -0.15) is 10.2 Å². The molecule has 0 unspecified atom stereocenters. The van der Waals surface area contributed by atoms with Crippen molar-refractivity contribution in [1.29, 1.82) is 0 Å². The molecule has 2 nitrogen and oxygen atoms in total. The van der Waals surface area contributed by atoms with E-state index in [9.17, 15) is 0 Å². The Morgan fingerprint density at radius 3 is 2.40 bits per heavy atom. The van der Waals surface area contributed by atoms with Gasteiger partial charge in [0.2, 0.25) is 0 Å². The molecule has 0 aliphatic rings. The van der Waals surface area contributed by atoms with Gasteiger partial charge in [0, 0.05) is 11.8 Å². The molecule has 0 bridgehead atoms. The summed E-state index contributed by atoms with van der Waals surface area (Å²) in [4.78, 5) is 0. The van der Waals surface area contributed by atoms with E-state index < -0.39 is 0 Å². The standard InChI is InChI=1S/C18H24N2/c1-2-3-4-5-6-8-13-17-14-15-19-20-18(17)16-11-9-7-10-12-16/h7,9-12,14-15H,2-6,8,13H2,1H3. The topological polar surface area (TPSA) is 25.8 Å². The molecular formula is C18H24N2. The first kappa shape index (κ1) is 14.7. The number of aromatic nitrogens is 2. The molecule has 0 saturated heterocycles. The molecule has 2 heteroatoms. The van der Waals surface area contributed by atoms with E-state index in [1.807, 2.05) is 6.07 Å². The summed E-state index contributed by atoms with van der Waals surface area (Å²) in [6.45, 7) is 2.26. The molecule has 1 heterocycles. The van der Waals surface area contributed by atoms with Crippen molar-refractivity contribution in [3.63, 3.8) is 0 Å². The number of hydrogen-bond donors (Lipinski definition) is 0. The predicted molar refractivity (Wildman–Crippen MR) is 84.5 cm³/mol. The molecule has 0 atom stereocenters. The average molecular weight is 268 g/mol. The van der Waals surface area contributed by atoms with Crippen molar-refractivity contribution in [3.8, 4) is 11.3 Å². The van der Waals surface area contributed by atoms with Gasteiger partial charge >= 0.3 is 0 Å². The van der Waals surface area contributed by atoms with Crippen LogP contribution in [-0.4, -0.2) is 10.2 Å². The summed E-state index contributed by atoms with van der Waals surface area (Å²) < 4.78 is 0. The Kier molecular flexibility index (Phi) is 6.22. The van der Waals surface area contributed by atoms with Gasteiger partial charge in [0.25, 0.3) is 0 Å². The molecule has 0 fully saturated rings. The minimum Gasteiger partial charge on any atom is -0.159 e. The van der Waals surface area contributed by atoms with Crippen molar-refractivity contribution in [2.45, 2.75) is 51.9 Å². The molecule has 20 heavy (non-hydrogen) atoms. The van der Waals surface area contributed by atoms with Crippen LogP contribution >= 0.6 is 0 Å². The maximum Gasteiger partial charge on any atom is 0.0961 e. The van der Waals surface area contributed by atoms with Gasteiger partial charge in [0.15, 0.2) is 0 Å². The lowest BCUT2D eigenvalue weighted by atomic mass is 10.0. The van der Waals surface area contributed by atoms with Crippen molar-refractivity contribution < 1.29 is 0 Å². The molecular weight excluding hydrogens is 244 g/mol. The second kappa shape index (κ2) is 8.47. The molecule has 0 aliphatic carbocycles. The van der Waals surface area contributed by atoms with Crippen LogP contribution < -0.4 is 0 Å². The molecule has 106 valence electrons. The average Bonchev–Trinajstić information content (AvgIpc) is 2.52. The monoisotopic (exact) mass is 268 g/mol. The van der Waals surface area contributed by atoms with E-state index in [-0.39, 0.29) is 0 Å². The van der Waals surface area contributed by atoms with Crippen LogP contribution in [-0.2, 0) is 6.42 Å². The third-order valence-corrected chi connectivity index (χ3v) is 3.65. The molecule has 0 spiro atoms. The molecule has 0 aliphatic heterocycles. The number of hydrogen-bond acceptors (Lipinski definition) is 2. The Bertz CT molecular complexity index is 494. The molecule has 0 N–H and O–H groups in total. The SMILES string of the molecule is CCCCCCCCc1ccnnc1-c1ccccc1. The van der Waals surface area contributed by atoms with Crippen molar-refractivity contribution in [2.75, 3.05) is 0 Å². The Hall–Kier alpha value is -1.70. The number of benzene rings is 1. The number of unbranched alkanes of at least 4 members (excludes halogenated alkanes) is 5. The lowest BCUT2D eigenvalue weighted by Crippen LogP contribution is -1.95. The summed E-state index contributed by atoms with van der Waals surface area (Å²) in [6, 6.07) is 12.5. The van der Waals surface area contributed by atoms with E-state index in [1.54, 1.807) is 6.20 Å². The van der Waals surface area contributed by atoms with E-state index in [2.05, 4.69) is 47.5 Å². The maximum atomic E-state index is 4.33. The van der Waals surface area contributed by atoms with Crippen LogP contribution in [0.25, 0.3) is 11.3 Å². The fourth-order valence-electron chi connectivity index (χ4n) is 2.49. The number of rotatable bonds is 8. The zero-order valence-electron chi connectivity index (χ0n) is 12.4. The highest BCUT2D eigenvalue weighted by atomic mass is 15.1. The van der Waals surface area contributed by atoms with Crippen LogP contribution in [0.15, 0.2) is 42.6 Å². The van der Waals surface area contributed by atoms with E-state index in [1.165, 1.54) is 49.7 Å². The summed E-state index contributed by atoms with van der Waals surface area (Å²) in [5.41, 5.74) is 3.53. The Morgan fingerprint density at radius 1 is 0.850 bits per heavy atom. The zero-order chi connectivity index (χ0) is 14.0. The number of nitrogens with zero attached hydrogens (tertiary/aromatic N) is 2. The second-order valence-electron chi connectivity index (χ2n) is 5.29. The van der Waals surface area contributed by atoms with Gasteiger partial charge in [0.05, 0.1) is 5.69 Å². The third-order valence-electron chi connectivity index (χ3n) is 3.65. The summed E-state index contributed by atoms with van der Waals surface area (Å²) in [5.74, 6) is 0. The highest BCUT2D eigenvalue weighted by Gasteiger charge is 2.06. The quantitative estimate of drug-likeness (QED) is 0.626. The van der Waals surface area contributed by atoms with Gasteiger partial charge in [-0.25, -0.2) is 0 Å². The van der Waals surface area contributed by atoms with E-state index >= 15 is 0 Å². The summed E-state index contributed by atoms with van der Waals surface area (Å²) in [5, 5.41) is 8.37. The minimum absolute atomic E-state index is 1.04. The highest BCUT2D eigenvalue weighted by molar-refractivity contribution is 5.62. The van der Waals surface area contributed by atoms with Crippen molar-refractivity contribution in [2.24, 2.45) is 0 Å². The van der Waals surface area contributed by atoms with E-state index in [4.69, 9.17) is 0 Å². The van der Waals surface area contributed by atoms with E-state index in [0.717, 1.165) is 12.1 Å². The van der Waals surface area contributed by atoms with Crippen molar-refractivity contribution >= 4 is 0 Å². The van der Waals surface area contributed by atoms with Gasteiger partial charge in [-0.15, -0.1) is 0 Å². The van der Waals surface area contributed by atoms with Crippen LogP contribution in [0.3, 0.4) is 0 Å². The lowest BCUT2D eigenvalue weighted by Gasteiger charge is -2.07. The van der Waals surface area contributed by atoms with Crippen LogP contribution in [0.1, 0.15) is 51.0 Å². The summed E-state index contributed by atoms with van der Waals surface area (Å²) in [7, 11) is 0. The van der Waals surface area contributed by atoms with Gasteiger partial charge in [0.1, 0.15) is 0 Å². The molecule has 0 radical (unpaired) electrons. The fraction of sp³-hybridized carbons (Fsp3) is 0.444. The maximum absolute atomic E-state index is 4.33. The number of aryl methyl sites for hydroxylation is 1. The van der Waals surface area contributed by atoms with Gasteiger partial charge in [-0.1, -0.05) is 69.4 Å². The smallest absolute Gasteiger partial charge is 0.0961 e. The normalized spacial score (nSPS) is 10.7. The van der Waals surface area contributed by atoms with Crippen molar-refractivity contribution in [1.82, 2.24) is 10.2 Å². The largest absolute Gasteiger partial charge is 0.159 e. The van der Waals surface area contributed by atoms with Crippen LogP contribution in [0.5, 0.6) is 0 Å². The van der Waals surface area contributed by atoms with Crippen LogP contribution in [0, 0.1) is 0 Å². The lowest BCUT2D eigenvalue weighted by molar-refractivity contribution is 0.607. The molecule has 0 amide bonds. The van der Waals surface area contributed by atoms with Crippen LogP contribution in [0.2, 0.25) is 0 Å². The molecule has 1 aromatic heterocycles. The van der Waals surface area contributed by atoms with Gasteiger partial charge < -0.3 is 0 Å². The van der Waals surface area contributed by atoms with Gasteiger partial charge in [-0.3, -0.25) is 0 Å². The highest BCUT2D eigenvalue weighted by Crippen LogP contribution is 2.21. The fourth-order valence-corrected chi connectivity index (χ4v) is 2.49. The van der Waals surface area contributed by atoms with Crippen molar-refractivity contribution in [3.05, 3.63) is 48.2 Å². The molecule has 2 rings (SSSR count).